The van der Waals surface area contributed by atoms with E-state index < -0.39 is 35.4 Å². The van der Waals surface area contributed by atoms with Gasteiger partial charge in [-0.2, -0.15) is 0 Å². The lowest BCUT2D eigenvalue weighted by molar-refractivity contribution is -0.244. The van der Waals surface area contributed by atoms with Crippen molar-refractivity contribution in [3.8, 4) is 0 Å². The summed E-state index contributed by atoms with van der Waals surface area (Å²) in [6, 6.07) is 0.508. The molecule has 0 aromatic rings. The zero-order valence-electron chi connectivity index (χ0n) is 21.0. The summed E-state index contributed by atoms with van der Waals surface area (Å²) in [7, 11) is 0. The van der Waals surface area contributed by atoms with E-state index in [2.05, 4.69) is 32.6 Å². The summed E-state index contributed by atoms with van der Waals surface area (Å²) >= 11 is 0. The molecule has 6 nitrogen and oxygen atoms in total. The van der Waals surface area contributed by atoms with Crippen molar-refractivity contribution in [2.75, 3.05) is 13.1 Å². The number of aliphatic hydroxyl groups is 5. The number of aliphatic hydroxyl groups excluding tert-OH is 4. The Hall–Kier alpha value is -0.240. The normalized spacial score (nSPS) is 59.9. The number of nitrogens with zero attached hydrogens (tertiary/aromatic N) is 1. The number of rotatable bonds is 1. The molecule has 33 heavy (non-hydrogen) atoms. The van der Waals surface area contributed by atoms with Gasteiger partial charge >= 0.3 is 0 Å². The van der Waals surface area contributed by atoms with E-state index in [4.69, 9.17) is 0 Å². The zero-order chi connectivity index (χ0) is 23.9. The first kappa shape index (κ1) is 24.5. The second-order valence-electron chi connectivity index (χ2n) is 13.2. The molecule has 5 fully saturated rings. The fraction of sp³-hybridized carbons (Fsp3) is 1.00. The van der Waals surface area contributed by atoms with Crippen LogP contribution in [0.4, 0.5) is 0 Å². The van der Waals surface area contributed by atoms with Gasteiger partial charge in [0.15, 0.2) is 0 Å². The van der Waals surface area contributed by atoms with Crippen LogP contribution in [0.2, 0.25) is 0 Å². The van der Waals surface area contributed by atoms with Crippen molar-refractivity contribution in [1.82, 2.24) is 4.90 Å². The lowest BCUT2D eigenvalue weighted by Gasteiger charge is -2.63. The number of hydrogen-bond acceptors (Lipinski definition) is 6. The van der Waals surface area contributed by atoms with Crippen molar-refractivity contribution in [2.45, 2.75) is 109 Å². The number of piperidine rings is 2. The van der Waals surface area contributed by atoms with Gasteiger partial charge in [0.2, 0.25) is 0 Å². The molecule has 0 radical (unpaired) electrons. The molecule has 0 spiro atoms. The van der Waals surface area contributed by atoms with E-state index in [0.29, 0.717) is 43.7 Å². The third kappa shape index (κ3) is 3.57. The van der Waals surface area contributed by atoms with E-state index in [9.17, 15) is 25.5 Å². The molecular formula is C27H47NO5. The van der Waals surface area contributed by atoms with Gasteiger partial charge in [-0.25, -0.2) is 0 Å². The van der Waals surface area contributed by atoms with Gasteiger partial charge in [0.25, 0.3) is 0 Å². The molecule has 5 N–H and O–H groups in total. The van der Waals surface area contributed by atoms with E-state index in [1.54, 1.807) is 0 Å². The summed E-state index contributed by atoms with van der Waals surface area (Å²) < 4.78 is 0. The average molecular weight is 466 g/mol. The maximum Gasteiger partial charge on any atom is 0.106 e. The van der Waals surface area contributed by atoms with Gasteiger partial charge in [-0.3, -0.25) is 4.90 Å². The Morgan fingerprint density at radius 1 is 0.818 bits per heavy atom. The van der Waals surface area contributed by atoms with E-state index >= 15 is 0 Å². The Balaban J connectivity index is 1.41. The molecule has 0 bridgehead atoms. The highest BCUT2D eigenvalue weighted by Gasteiger charge is 2.63. The highest BCUT2D eigenvalue weighted by atomic mass is 16.3. The topological polar surface area (TPSA) is 104 Å². The van der Waals surface area contributed by atoms with Gasteiger partial charge in [0.05, 0.1) is 24.4 Å². The maximum atomic E-state index is 12.1. The van der Waals surface area contributed by atoms with Crippen LogP contribution in [-0.2, 0) is 0 Å². The van der Waals surface area contributed by atoms with Crippen LogP contribution in [0.5, 0.6) is 0 Å². The standard InChI is InChI=1S/C27H47NO5/c1-14-5-8-22-15(2)20-7-6-18(25(32)27(20,33)13-28(22)12-14)19-11-23(30)21-9-17(29)10-24(31)26(21,4)16(19)3/h14-25,29-33H,5-13H2,1-4H3/t14-,15-,16+,17+,18?,19?,20-,21-,22+,23-,24+,25+,26-,27-/m1/s1. The van der Waals surface area contributed by atoms with Crippen LogP contribution in [0.15, 0.2) is 0 Å². The molecule has 5 aliphatic rings. The minimum Gasteiger partial charge on any atom is -0.393 e. The van der Waals surface area contributed by atoms with Crippen molar-refractivity contribution < 1.29 is 25.5 Å². The molecule has 6 heteroatoms. The molecule has 2 aliphatic heterocycles. The van der Waals surface area contributed by atoms with Crippen LogP contribution < -0.4 is 0 Å². The Labute approximate surface area is 199 Å². The predicted octanol–water partition coefficient (Wildman–Crippen LogP) is 2.01. The summed E-state index contributed by atoms with van der Waals surface area (Å²) in [6.45, 7) is 10.3. The van der Waals surface area contributed by atoms with E-state index in [0.717, 1.165) is 19.4 Å². The molecule has 0 aromatic carbocycles. The number of fused-ring (bicyclic) bond motifs is 3. The first-order valence-corrected chi connectivity index (χ1v) is 13.7. The van der Waals surface area contributed by atoms with Gasteiger partial charge in [0.1, 0.15) is 5.60 Å². The second kappa shape index (κ2) is 8.41. The van der Waals surface area contributed by atoms with E-state index in [1.165, 1.54) is 12.8 Å². The van der Waals surface area contributed by atoms with E-state index in [1.807, 2.05) is 0 Å². The third-order valence-corrected chi connectivity index (χ3v) is 11.7. The summed E-state index contributed by atoms with van der Waals surface area (Å²) in [5.74, 6) is 1.02. The SMILES string of the molecule is C[C@@H]1CC[C@H]2[C@H](C)[C@H]3CCC(C4C[C@@H](O)[C@H]5C[C@H](O)C[C@H](O)[C@]5(C)[C@H]4C)[C@H](O)[C@@]3(O)CN2C1. The summed E-state index contributed by atoms with van der Waals surface area (Å²) in [6.07, 6.45) is 3.01. The van der Waals surface area contributed by atoms with Gasteiger partial charge in [0, 0.05) is 24.5 Å². The molecule has 0 amide bonds. The van der Waals surface area contributed by atoms with Crippen molar-refractivity contribution in [1.29, 1.82) is 0 Å². The van der Waals surface area contributed by atoms with Crippen LogP contribution in [0, 0.1) is 46.8 Å². The lowest BCUT2D eigenvalue weighted by atomic mass is 9.47. The van der Waals surface area contributed by atoms with Crippen molar-refractivity contribution in [3.05, 3.63) is 0 Å². The first-order valence-electron chi connectivity index (χ1n) is 13.7. The van der Waals surface area contributed by atoms with Crippen LogP contribution in [-0.4, -0.2) is 79.6 Å². The highest BCUT2D eigenvalue weighted by Crippen LogP contribution is 2.59. The highest BCUT2D eigenvalue weighted by molar-refractivity contribution is 5.13. The number of hydrogen-bond donors (Lipinski definition) is 5. The van der Waals surface area contributed by atoms with Gasteiger partial charge in [-0.05, 0) is 86.4 Å². The second-order valence-corrected chi connectivity index (χ2v) is 13.2. The summed E-state index contributed by atoms with van der Waals surface area (Å²) in [4.78, 5) is 2.45. The van der Waals surface area contributed by atoms with Crippen molar-refractivity contribution >= 4 is 0 Å². The third-order valence-electron chi connectivity index (χ3n) is 11.7. The molecule has 3 aliphatic carbocycles. The largest absolute Gasteiger partial charge is 0.393 e. The zero-order valence-corrected chi connectivity index (χ0v) is 21.0. The minimum absolute atomic E-state index is 0.0411. The monoisotopic (exact) mass is 465 g/mol. The van der Waals surface area contributed by atoms with E-state index in [-0.39, 0.29) is 29.6 Å². The van der Waals surface area contributed by atoms with Crippen LogP contribution >= 0.6 is 0 Å². The van der Waals surface area contributed by atoms with Crippen LogP contribution in [0.25, 0.3) is 0 Å². The fourth-order valence-corrected chi connectivity index (χ4v) is 9.65. The van der Waals surface area contributed by atoms with Crippen molar-refractivity contribution in [2.24, 2.45) is 46.8 Å². The fourth-order valence-electron chi connectivity index (χ4n) is 9.65. The smallest absolute Gasteiger partial charge is 0.106 e. The lowest BCUT2D eigenvalue weighted by Crippen LogP contribution is -2.71. The summed E-state index contributed by atoms with van der Waals surface area (Å²) in [5, 5.41) is 56.3. The van der Waals surface area contributed by atoms with Gasteiger partial charge in [-0.15, -0.1) is 0 Å². The minimum atomic E-state index is -1.11. The van der Waals surface area contributed by atoms with Gasteiger partial charge in [-0.1, -0.05) is 27.7 Å². The molecule has 0 aromatic heterocycles. The van der Waals surface area contributed by atoms with Crippen LogP contribution in [0.1, 0.15) is 72.6 Å². The molecule has 2 unspecified atom stereocenters. The molecule has 5 rings (SSSR count). The molecular weight excluding hydrogens is 418 g/mol. The predicted molar refractivity (Wildman–Crippen MR) is 126 cm³/mol. The molecule has 14 atom stereocenters. The Morgan fingerprint density at radius 2 is 1.55 bits per heavy atom. The van der Waals surface area contributed by atoms with Gasteiger partial charge < -0.3 is 25.5 Å². The maximum absolute atomic E-state index is 12.1. The van der Waals surface area contributed by atoms with Crippen molar-refractivity contribution in [3.63, 3.8) is 0 Å². The molecule has 3 saturated carbocycles. The molecule has 190 valence electrons. The molecule has 2 saturated heterocycles. The molecule has 2 heterocycles. The average Bonchev–Trinajstić information content (AvgIpc) is 2.74. The first-order chi connectivity index (χ1) is 15.5. The quantitative estimate of drug-likeness (QED) is 0.406. The Kier molecular flexibility index (Phi) is 6.24. The Bertz CT molecular complexity index is 733. The summed E-state index contributed by atoms with van der Waals surface area (Å²) in [5.41, 5.74) is -1.60. The Morgan fingerprint density at radius 3 is 2.27 bits per heavy atom. The van der Waals surface area contributed by atoms with Crippen LogP contribution in [0.3, 0.4) is 0 Å².